The van der Waals surface area contributed by atoms with Gasteiger partial charge in [-0.3, -0.25) is 4.79 Å². The van der Waals surface area contributed by atoms with Crippen molar-refractivity contribution in [3.8, 4) is 0 Å². The number of nitrogens with zero attached hydrogens (tertiary/aromatic N) is 1. The minimum atomic E-state index is 0.131. The summed E-state index contributed by atoms with van der Waals surface area (Å²) < 4.78 is 5.07. The fraction of sp³-hybridized carbons (Fsp3) is 0.353. The Labute approximate surface area is 134 Å². The van der Waals surface area contributed by atoms with Gasteiger partial charge in [0.25, 0.3) is 5.91 Å². The first kappa shape index (κ1) is 15.0. The van der Waals surface area contributed by atoms with E-state index < -0.39 is 0 Å². The van der Waals surface area contributed by atoms with Gasteiger partial charge in [-0.1, -0.05) is 6.07 Å². The number of thioether (sulfide) groups is 1. The molecule has 0 saturated carbocycles. The van der Waals surface area contributed by atoms with Crippen molar-refractivity contribution in [2.45, 2.75) is 13.5 Å². The Bertz CT molecular complexity index is 634. The maximum Gasteiger partial charge on any atom is 0.253 e. The van der Waals surface area contributed by atoms with E-state index in [0.29, 0.717) is 6.54 Å². The molecule has 1 aliphatic rings. The van der Waals surface area contributed by atoms with Gasteiger partial charge >= 0.3 is 0 Å². The van der Waals surface area contributed by atoms with E-state index in [1.54, 1.807) is 12.5 Å². The molecule has 1 aromatic carbocycles. The van der Waals surface area contributed by atoms with Crippen LogP contribution in [0.4, 0.5) is 5.69 Å². The van der Waals surface area contributed by atoms with E-state index in [-0.39, 0.29) is 5.91 Å². The summed E-state index contributed by atoms with van der Waals surface area (Å²) in [6, 6.07) is 7.81. The van der Waals surface area contributed by atoms with Crippen molar-refractivity contribution in [2.24, 2.45) is 0 Å². The second-order valence-electron chi connectivity index (χ2n) is 5.42. The molecule has 1 aliphatic heterocycles. The number of anilines is 1. The van der Waals surface area contributed by atoms with Crippen molar-refractivity contribution in [1.82, 2.24) is 4.90 Å². The Morgan fingerprint density at radius 3 is 2.86 bits per heavy atom. The fourth-order valence-electron chi connectivity index (χ4n) is 2.49. The van der Waals surface area contributed by atoms with Crippen LogP contribution < -0.4 is 5.32 Å². The molecule has 0 bridgehead atoms. The standard InChI is InChI=1S/C17H20N2O2S/c1-13-2-3-15(17(20)19-5-8-22-9-6-19)10-16(13)18-11-14-4-7-21-12-14/h2-4,7,10,12,18H,5-6,8-9,11H2,1H3. The van der Waals surface area contributed by atoms with Crippen LogP contribution in [0.3, 0.4) is 0 Å². The highest BCUT2D eigenvalue weighted by Crippen LogP contribution is 2.20. The highest BCUT2D eigenvalue weighted by atomic mass is 32.2. The average Bonchev–Trinajstić information content (AvgIpc) is 3.08. The molecular formula is C17H20N2O2S. The molecule has 0 aliphatic carbocycles. The molecule has 2 heterocycles. The van der Waals surface area contributed by atoms with E-state index in [0.717, 1.165) is 47.0 Å². The predicted molar refractivity (Wildman–Crippen MR) is 90.4 cm³/mol. The third kappa shape index (κ3) is 3.47. The van der Waals surface area contributed by atoms with Crippen LogP contribution in [0.15, 0.2) is 41.2 Å². The van der Waals surface area contributed by atoms with E-state index in [4.69, 9.17) is 4.42 Å². The fourth-order valence-corrected chi connectivity index (χ4v) is 3.39. The maximum atomic E-state index is 12.6. The summed E-state index contributed by atoms with van der Waals surface area (Å²) in [5.74, 6) is 2.19. The first-order valence-corrected chi connectivity index (χ1v) is 8.62. The van der Waals surface area contributed by atoms with Gasteiger partial charge in [0.15, 0.2) is 0 Å². The third-order valence-electron chi connectivity index (χ3n) is 3.85. The van der Waals surface area contributed by atoms with Crippen molar-refractivity contribution in [2.75, 3.05) is 29.9 Å². The van der Waals surface area contributed by atoms with Gasteiger partial charge < -0.3 is 14.6 Å². The summed E-state index contributed by atoms with van der Waals surface area (Å²) in [4.78, 5) is 14.5. The Morgan fingerprint density at radius 1 is 1.32 bits per heavy atom. The van der Waals surface area contributed by atoms with Crippen LogP contribution in [-0.4, -0.2) is 35.4 Å². The number of hydrogen-bond donors (Lipinski definition) is 1. The van der Waals surface area contributed by atoms with E-state index in [1.807, 2.05) is 47.9 Å². The van der Waals surface area contributed by atoms with Gasteiger partial charge in [-0.05, 0) is 30.7 Å². The number of carbonyl (C=O) groups is 1. The van der Waals surface area contributed by atoms with Crippen molar-refractivity contribution >= 4 is 23.4 Å². The zero-order chi connectivity index (χ0) is 15.4. The topological polar surface area (TPSA) is 45.5 Å². The lowest BCUT2D eigenvalue weighted by molar-refractivity contribution is 0.0772. The normalized spacial score (nSPS) is 14.9. The number of nitrogens with one attached hydrogen (secondary N) is 1. The van der Waals surface area contributed by atoms with Crippen LogP contribution in [0, 0.1) is 6.92 Å². The zero-order valence-corrected chi connectivity index (χ0v) is 13.5. The predicted octanol–water partition coefficient (Wildman–Crippen LogP) is 3.39. The lowest BCUT2D eigenvalue weighted by atomic mass is 10.1. The number of aryl methyl sites for hydroxylation is 1. The average molecular weight is 316 g/mol. The van der Waals surface area contributed by atoms with E-state index in [2.05, 4.69) is 5.32 Å². The van der Waals surface area contributed by atoms with Crippen LogP contribution in [0.5, 0.6) is 0 Å². The number of furan rings is 1. The first-order chi connectivity index (χ1) is 10.7. The van der Waals surface area contributed by atoms with Crippen LogP contribution in [0.2, 0.25) is 0 Å². The van der Waals surface area contributed by atoms with Gasteiger partial charge in [0, 0.05) is 48.0 Å². The number of carbonyl (C=O) groups excluding carboxylic acids is 1. The summed E-state index contributed by atoms with van der Waals surface area (Å²) in [6.07, 6.45) is 3.39. The molecule has 116 valence electrons. The Kier molecular flexibility index (Phi) is 4.73. The van der Waals surface area contributed by atoms with E-state index >= 15 is 0 Å². The minimum absolute atomic E-state index is 0.131. The van der Waals surface area contributed by atoms with E-state index in [1.165, 1.54) is 0 Å². The van der Waals surface area contributed by atoms with Crippen molar-refractivity contribution < 1.29 is 9.21 Å². The SMILES string of the molecule is Cc1ccc(C(=O)N2CCSCC2)cc1NCc1ccoc1. The molecule has 1 N–H and O–H groups in total. The molecule has 1 amide bonds. The number of benzene rings is 1. The molecule has 2 aromatic rings. The number of rotatable bonds is 4. The molecule has 1 fully saturated rings. The summed E-state index contributed by atoms with van der Waals surface area (Å²) in [5.41, 5.74) is 3.98. The molecular weight excluding hydrogens is 296 g/mol. The summed E-state index contributed by atoms with van der Waals surface area (Å²) in [6.45, 7) is 4.42. The second kappa shape index (κ2) is 6.92. The quantitative estimate of drug-likeness (QED) is 0.939. The van der Waals surface area contributed by atoms with Crippen LogP contribution in [-0.2, 0) is 6.54 Å². The Hall–Kier alpha value is -1.88. The summed E-state index contributed by atoms with van der Waals surface area (Å²) in [5, 5.41) is 3.38. The summed E-state index contributed by atoms with van der Waals surface area (Å²) >= 11 is 1.91. The van der Waals surface area contributed by atoms with Gasteiger partial charge in [-0.2, -0.15) is 11.8 Å². The molecule has 1 saturated heterocycles. The molecule has 3 rings (SSSR count). The molecule has 0 radical (unpaired) electrons. The van der Waals surface area contributed by atoms with Gasteiger partial charge in [0.05, 0.1) is 12.5 Å². The Balaban J connectivity index is 1.72. The number of hydrogen-bond acceptors (Lipinski definition) is 4. The molecule has 0 atom stereocenters. The van der Waals surface area contributed by atoms with Gasteiger partial charge in [0.1, 0.15) is 0 Å². The minimum Gasteiger partial charge on any atom is -0.472 e. The molecule has 0 unspecified atom stereocenters. The van der Waals surface area contributed by atoms with Crippen LogP contribution in [0.1, 0.15) is 21.5 Å². The maximum absolute atomic E-state index is 12.6. The monoisotopic (exact) mass is 316 g/mol. The molecule has 22 heavy (non-hydrogen) atoms. The summed E-state index contributed by atoms with van der Waals surface area (Å²) in [7, 11) is 0. The van der Waals surface area contributed by atoms with Gasteiger partial charge in [-0.15, -0.1) is 0 Å². The molecule has 1 aromatic heterocycles. The second-order valence-corrected chi connectivity index (χ2v) is 6.64. The van der Waals surface area contributed by atoms with Gasteiger partial charge in [0.2, 0.25) is 0 Å². The first-order valence-electron chi connectivity index (χ1n) is 7.46. The van der Waals surface area contributed by atoms with Crippen molar-refractivity contribution in [1.29, 1.82) is 0 Å². The van der Waals surface area contributed by atoms with Crippen molar-refractivity contribution in [3.63, 3.8) is 0 Å². The smallest absolute Gasteiger partial charge is 0.253 e. The lowest BCUT2D eigenvalue weighted by Gasteiger charge is -2.26. The highest BCUT2D eigenvalue weighted by Gasteiger charge is 2.18. The third-order valence-corrected chi connectivity index (χ3v) is 4.79. The van der Waals surface area contributed by atoms with Crippen LogP contribution >= 0.6 is 11.8 Å². The molecule has 5 heteroatoms. The Morgan fingerprint density at radius 2 is 2.14 bits per heavy atom. The molecule has 4 nitrogen and oxygen atoms in total. The zero-order valence-electron chi connectivity index (χ0n) is 12.7. The van der Waals surface area contributed by atoms with Crippen LogP contribution in [0.25, 0.3) is 0 Å². The van der Waals surface area contributed by atoms with Gasteiger partial charge in [-0.25, -0.2) is 0 Å². The highest BCUT2D eigenvalue weighted by molar-refractivity contribution is 7.99. The number of amides is 1. The lowest BCUT2D eigenvalue weighted by Crippen LogP contribution is -2.37. The molecule has 0 spiro atoms. The van der Waals surface area contributed by atoms with E-state index in [9.17, 15) is 4.79 Å². The van der Waals surface area contributed by atoms with Crippen molar-refractivity contribution in [3.05, 3.63) is 53.5 Å². The largest absolute Gasteiger partial charge is 0.472 e.